The van der Waals surface area contributed by atoms with E-state index in [9.17, 15) is 22.0 Å². The van der Waals surface area contributed by atoms with Crippen LogP contribution in [0, 0.1) is 30.3 Å². The number of fused-ring (bicyclic) bond motifs is 1. The third-order valence-corrected chi connectivity index (χ3v) is 6.56. The van der Waals surface area contributed by atoms with Gasteiger partial charge in [-0.25, -0.2) is 13.2 Å². The summed E-state index contributed by atoms with van der Waals surface area (Å²) in [6, 6.07) is 10.6. The highest BCUT2D eigenvalue weighted by Crippen LogP contribution is 2.37. The van der Waals surface area contributed by atoms with E-state index in [-0.39, 0.29) is 5.56 Å². The predicted molar refractivity (Wildman–Crippen MR) is 122 cm³/mol. The molecule has 0 saturated carbocycles. The molecule has 1 atom stereocenters. The SMILES string of the molecule is CCCCCC1Cc2ccc(-c3ccc(C(F)(F)Oc4cc(F)c(C)c(F)c4)c(F)c3)cc2C1. The Hall–Kier alpha value is -2.89. The van der Waals surface area contributed by atoms with Crippen LogP contribution < -0.4 is 4.74 Å². The van der Waals surface area contributed by atoms with Gasteiger partial charge in [-0.2, -0.15) is 8.78 Å². The zero-order valence-electron chi connectivity index (χ0n) is 19.2. The predicted octanol–water partition coefficient (Wildman–Crippen LogP) is 8.50. The van der Waals surface area contributed by atoms with Gasteiger partial charge in [-0.1, -0.05) is 50.5 Å². The first kappa shape index (κ1) is 24.2. The Morgan fingerprint density at radius 3 is 2.15 bits per heavy atom. The van der Waals surface area contributed by atoms with E-state index in [1.54, 1.807) is 0 Å². The van der Waals surface area contributed by atoms with Crippen molar-refractivity contribution in [3.63, 3.8) is 0 Å². The Balaban J connectivity index is 1.52. The largest absolute Gasteiger partial charge is 0.429 e. The lowest BCUT2D eigenvalue weighted by Crippen LogP contribution is -2.23. The number of alkyl halides is 2. The maximum absolute atomic E-state index is 14.8. The van der Waals surface area contributed by atoms with E-state index in [1.807, 2.05) is 18.2 Å². The minimum absolute atomic E-state index is 0.312. The maximum Gasteiger partial charge on any atom is 0.429 e. The third kappa shape index (κ3) is 5.11. The van der Waals surface area contributed by atoms with Crippen LogP contribution in [0.15, 0.2) is 48.5 Å². The van der Waals surface area contributed by atoms with Gasteiger partial charge >= 0.3 is 6.11 Å². The Morgan fingerprint density at radius 1 is 0.824 bits per heavy atom. The lowest BCUT2D eigenvalue weighted by molar-refractivity contribution is -0.187. The molecule has 1 aliphatic carbocycles. The highest BCUT2D eigenvalue weighted by molar-refractivity contribution is 5.66. The highest BCUT2D eigenvalue weighted by atomic mass is 19.3. The van der Waals surface area contributed by atoms with Crippen LogP contribution in [0.5, 0.6) is 5.75 Å². The first-order valence-electron chi connectivity index (χ1n) is 11.6. The van der Waals surface area contributed by atoms with Gasteiger partial charge in [0.25, 0.3) is 0 Å². The monoisotopic (exact) mass is 474 g/mol. The van der Waals surface area contributed by atoms with Crippen LogP contribution in [0.2, 0.25) is 0 Å². The molecule has 0 aliphatic heterocycles. The number of halogens is 5. The van der Waals surface area contributed by atoms with Crippen molar-refractivity contribution in [2.75, 3.05) is 0 Å². The molecule has 6 heteroatoms. The summed E-state index contributed by atoms with van der Waals surface area (Å²) in [5, 5.41) is 0. The van der Waals surface area contributed by atoms with E-state index in [0.717, 1.165) is 30.5 Å². The molecule has 0 fully saturated rings. The van der Waals surface area contributed by atoms with Crippen molar-refractivity contribution < 1.29 is 26.7 Å². The summed E-state index contributed by atoms with van der Waals surface area (Å²) in [5.74, 6) is -3.31. The zero-order chi connectivity index (χ0) is 24.5. The van der Waals surface area contributed by atoms with Crippen molar-refractivity contribution >= 4 is 0 Å². The van der Waals surface area contributed by atoms with Gasteiger partial charge in [0.05, 0.1) is 5.56 Å². The van der Waals surface area contributed by atoms with Crippen molar-refractivity contribution in [2.24, 2.45) is 5.92 Å². The molecular weight excluding hydrogens is 447 g/mol. The summed E-state index contributed by atoms with van der Waals surface area (Å²) >= 11 is 0. The van der Waals surface area contributed by atoms with Crippen LogP contribution in [0.3, 0.4) is 0 Å². The van der Waals surface area contributed by atoms with Crippen LogP contribution in [0.25, 0.3) is 11.1 Å². The molecule has 1 aliphatic rings. The summed E-state index contributed by atoms with van der Waals surface area (Å²) < 4.78 is 75.9. The molecule has 180 valence electrons. The molecule has 0 heterocycles. The molecule has 0 saturated heterocycles. The van der Waals surface area contributed by atoms with Crippen LogP contribution >= 0.6 is 0 Å². The van der Waals surface area contributed by atoms with Crippen LogP contribution in [0.4, 0.5) is 22.0 Å². The van der Waals surface area contributed by atoms with E-state index < -0.39 is 34.9 Å². The lowest BCUT2D eigenvalue weighted by atomic mass is 9.98. The Labute approximate surface area is 196 Å². The zero-order valence-corrected chi connectivity index (χ0v) is 19.2. The van der Waals surface area contributed by atoms with Gasteiger partial charge in [-0.3, -0.25) is 0 Å². The normalized spacial score (nSPS) is 15.4. The van der Waals surface area contributed by atoms with E-state index in [2.05, 4.69) is 11.7 Å². The smallest absolute Gasteiger partial charge is 0.429 e. The first-order valence-corrected chi connectivity index (χ1v) is 11.6. The number of rotatable bonds is 8. The molecule has 0 spiro atoms. The van der Waals surface area contributed by atoms with E-state index in [1.165, 1.54) is 49.8 Å². The van der Waals surface area contributed by atoms with E-state index in [0.29, 0.717) is 23.6 Å². The van der Waals surface area contributed by atoms with Gasteiger partial charge in [0.2, 0.25) is 0 Å². The molecule has 3 aromatic rings. The second-order valence-electron chi connectivity index (χ2n) is 9.08. The molecule has 1 nitrogen and oxygen atoms in total. The van der Waals surface area contributed by atoms with E-state index in [4.69, 9.17) is 0 Å². The van der Waals surface area contributed by atoms with E-state index >= 15 is 0 Å². The number of ether oxygens (including phenoxy) is 1. The fraction of sp³-hybridized carbons (Fsp3) is 0.357. The fourth-order valence-electron chi connectivity index (χ4n) is 4.59. The standard InChI is InChI=1S/C28H27F5O/c1-3-4-5-6-18-11-19-7-8-20(13-22(19)12-18)21-9-10-24(27(31)14-21)28(32,33)34-23-15-25(29)17(2)26(30)16-23/h7-10,13-16,18H,3-6,11-12H2,1-2H3. The van der Waals surface area contributed by atoms with Gasteiger partial charge in [-0.15, -0.1) is 0 Å². The molecule has 0 amide bonds. The maximum atomic E-state index is 14.8. The van der Waals surface area contributed by atoms with Crippen molar-refractivity contribution in [1.29, 1.82) is 0 Å². The Bertz CT molecular complexity index is 1160. The molecule has 1 unspecified atom stereocenters. The van der Waals surface area contributed by atoms with Crippen molar-refractivity contribution in [1.82, 2.24) is 0 Å². The summed E-state index contributed by atoms with van der Waals surface area (Å²) in [6.07, 6.45) is 2.72. The van der Waals surface area contributed by atoms with Crippen LogP contribution in [-0.4, -0.2) is 0 Å². The molecule has 0 bridgehead atoms. The molecular formula is C28H27F5O. The van der Waals surface area contributed by atoms with Gasteiger partial charge in [-0.05, 0) is 66.5 Å². The second kappa shape index (κ2) is 9.77. The minimum atomic E-state index is -4.11. The van der Waals surface area contributed by atoms with Gasteiger partial charge < -0.3 is 4.74 Å². The third-order valence-electron chi connectivity index (χ3n) is 6.56. The van der Waals surface area contributed by atoms with Gasteiger partial charge in [0.1, 0.15) is 23.2 Å². The quantitative estimate of drug-likeness (QED) is 0.235. The number of unbranched alkanes of at least 4 members (excludes halogenated alkanes) is 2. The number of hydrogen-bond acceptors (Lipinski definition) is 1. The topological polar surface area (TPSA) is 9.23 Å². The summed E-state index contributed by atoms with van der Waals surface area (Å²) in [5.41, 5.74) is 2.43. The number of benzene rings is 3. The lowest BCUT2D eigenvalue weighted by Gasteiger charge is -2.20. The first-order chi connectivity index (χ1) is 16.2. The molecule has 0 aromatic heterocycles. The fourth-order valence-corrected chi connectivity index (χ4v) is 4.59. The molecule has 34 heavy (non-hydrogen) atoms. The second-order valence-corrected chi connectivity index (χ2v) is 9.08. The Kier molecular flexibility index (Phi) is 6.96. The molecule has 0 radical (unpaired) electrons. The average Bonchev–Trinajstić information content (AvgIpc) is 3.19. The summed E-state index contributed by atoms with van der Waals surface area (Å²) in [7, 11) is 0. The molecule has 3 aromatic carbocycles. The molecule has 4 rings (SSSR count). The summed E-state index contributed by atoms with van der Waals surface area (Å²) in [4.78, 5) is 0. The van der Waals surface area contributed by atoms with Crippen LogP contribution in [0.1, 0.15) is 54.9 Å². The average molecular weight is 475 g/mol. The van der Waals surface area contributed by atoms with Crippen molar-refractivity contribution in [3.05, 3.63) is 88.2 Å². The molecule has 0 N–H and O–H groups in total. The Morgan fingerprint density at radius 2 is 1.47 bits per heavy atom. The number of hydrogen-bond donors (Lipinski definition) is 0. The highest BCUT2D eigenvalue weighted by Gasteiger charge is 2.38. The van der Waals surface area contributed by atoms with Gasteiger partial charge in [0, 0.05) is 17.7 Å². The minimum Gasteiger partial charge on any atom is -0.429 e. The van der Waals surface area contributed by atoms with Crippen molar-refractivity contribution in [3.8, 4) is 16.9 Å². The van der Waals surface area contributed by atoms with Gasteiger partial charge in [0.15, 0.2) is 0 Å². The summed E-state index contributed by atoms with van der Waals surface area (Å²) in [6.45, 7) is 3.36. The van der Waals surface area contributed by atoms with Crippen LogP contribution in [-0.2, 0) is 19.0 Å². The van der Waals surface area contributed by atoms with Crippen molar-refractivity contribution in [2.45, 2.75) is 58.5 Å².